The molecule has 0 unspecified atom stereocenters. The van der Waals surface area contributed by atoms with E-state index in [1.807, 2.05) is 30.9 Å². The number of benzene rings is 1. The van der Waals surface area contributed by atoms with Gasteiger partial charge in [-0.2, -0.15) is 0 Å². The Kier molecular flexibility index (Phi) is 6.11. The van der Waals surface area contributed by atoms with Crippen LogP contribution >= 0.6 is 11.6 Å². The van der Waals surface area contributed by atoms with Gasteiger partial charge in [-0.25, -0.2) is 0 Å². The third-order valence-electron chi connectivity index (χ3n) is 4.89. The third kappa shape index (κ3) is 4.48. The summed E-state index contributed by atoms with van der Waals surface area (Å²) in [6, 6.07) is 10.8. The van der Waals surface area contributed by atoms with Crippen molar-refractivity contribution >= 4 is 23.4 Å². The van der Waals surface area contributed by atoms with Crippen molar-refractivity contribution in [3.05, 3.63) is 63.9 Å². The van der Waals surface area contributed by atoms with Gasteiger partial charge in [0.2, 0.25) is 0 Å². The number of nitrogens with zero attached hydrogens (tertiary/aromatic N) is 2. The Balaban J connectivity index is 1.73. The monoisotopic (exact) mass is 385 g/mol. The first kappa shape index (κ1) is 19.4. The van der Waals surface area contributed by atoms with Crippen LogP contribution in [0.1, 0.15) is 57.8 Å². The van der Waals surface area contributed by atoms with Crippen molar-refractivity contribution in [3.63, 3.8) is 0 Å². The Morgan fingerprint density at radius 1 is 1.22 bits per heavy atom. The summed E-state index contributed by atoms with van der Waals surface area (Å²) in [6.45, 7) is 5.70. The zero-order chi connectivity index (χ0) is 19.4. The van der Waals surface area contributed by atoms with Crippen LogP contribution in [0.2, 0.25) is 5.02 Å². The number of aromatic nitrogens is 1. The van der Waals surface area contributed by atoms with Gasteiger partial charge >= 0.3 is 0 Å². The smallest absolute Gasteiger partial charge is 0.253 e. The van der Waals surface area contributed by atoms with Crippen molar-refractivity contribution in [1.82, 2.24) is 15.2 Å². The number of carbonyl (C=O) groups is 2. The van der Waals surface area contributed by atoms with Gasteiger partial charge in [-0.1, -0.05) is 17.7 Å². The fourth-order valence-electron chi connectivity index (χ4n) is 3.50. The van der Waals surface area contributed by atoms with Crippen LogP contribution in [0.25, 0.3) is 0 Å². The van der Waals surface area contributed by atoms with E-state index in [1.54, 1.807) is 24.3 Å². The lowest BCUT2D eigenvalue weighted by molar-refractivity contribution is 0.0710. The number of rotatable bonds is 4. The zero-order valence-electron chi connectivity index (χ0n) is 15.7. The van der Waals surface area contributed by atoms with Crippen LogP contribution in [-0.2, 0) is 0 Å². The van der Waals surface area contributed by atoms with Crippen molar-refractivity contribution in [2.24, 2.45) is 0 Å². The lowest BCUT2D eigenvalue weighted by Gasteiger charge is -2.32. The van der Waals surface area contributed by atoms with Crippen LogP contribution in [0, 0.1) is 6.92 Å². The second-order valence-electron chi connectivity index (χ2n) is 6.82. The highest BCUT2D eigenvalue weighted by molar-refractivity contribution is 6.30. The molecular weight excluding hydrogens is 362 g/mol. The molecule has 2 amide bonds. The molecule has 0 atom stereocenters. The standard InChI is InChI=1S/C21H24ClN3O2/c1-3-23-20(26)18-8-7-14(2)24-19(18)15-9-11-25(12-10-15)21(27)16-5-4-6-17(22)13-16/h4-8,13,15H,3,9-12H2,1-2H3,(H,23,26). The van der Waals surface area contributed by atoms with Crippen LogP contribution in [0.5, 0.6) is 0 Å². The fraction of sp³-hybridized carbons (Fsp3) is 0.381. The molecule has 1 saturated heterocycles. The Morgan fingerprint density at radius 3 is 2.63 bits per heavy atom. The van der Waals surface area contributed by atoms with Crippen molar-refractivity contribution in [2.75, 3.05) is 19.6 Å². The van der Waals surface area contributed by atoms with Crippen LogP contribution < -0.4 is 5.32 Å². The molecule has 5 nitrogen and oxygen atoms in total. The van der Waals surface area contributed by atoms with Crippen LogP contribution in [0.15, 0.2) is 36.4 Å². The molecule has 6 heteroatoms. The van der Waals surface area contributed by atoms with E-state index in [-0.39, 0.29) is 17.7 Å². The van der Waals surface area contributed by atoms with E-state index in [9.17, 15) is 9.59 Å². The van der Waals surface area contributed by atoms with Gasteiger partial charge in [0.25, 0.3) is 11.8 Å². The summed E-state index contributed by atoms with van der Waals surface area (Å²) < 4.78 is 0. The molecule has 27 heavy (non-hydrogen) atoms. The molecule has 2 aromatic rings. The van der Waals surface area contributed by atoms with Crippen molar-refractivity contribution in [2.45, 2.75) is 32.6 Å². The van der Waals surface area contributed by atoms with E-state index in [1.165, 1.54) is 0 Å². The molecule has 142 valence electrons. The third-order valence-corrected chi connectivity index (χ3v) is 5.12. The maximum Gasteiger partial charge on any atom is 0.253 e. The predicted octanol–water partition coefficient (Wildman–Crippen LogP) is 3.81. The number of nitrogens with one attached hydrogen (secondary N) is 1. The maximum atomic E-state index is 12.7. The Labute approximate surface area is 164 Å². The molecule has 1 aromatic carbocycles. The minimum atomic E-state index is -0.0857. The first-order valence-electron chi connectivity index (χ1n) is 9.30. The number of halogens is 1. The lowest BCUT2D eigenvalue weighted by Crippen LogP contribution is -2.38. The Bertz CT molecular complexity index is 845. The topological polar surface area (TPSA) is 62.3 Å². The van der Waals surface area contributed by atoms with E-state index in [4.69, 9.17) is 11.6 Å². The Hall–Kier alpha value is -2.40. The molecule has 1 aliphatic rings. The quantitative estimate of drug-likeness (QED) is 0.870. The van der Waals surface area contributed by atoms with Gasteiger partial charge in [-0.15, -0.1) is 0 Å². The summed E-state index contributed by atoms with van der Waals surface area (Å²) in [5, 5.41) is 3.42. The first-order chi connectivity index (χ1) is 13.0. The summed E-state index contributed by atoms with van der Waals surface area (Å²) in [4.78, 5) is 31.6. The van der Waals surface area contributed by atoms with Crippen molar-refractivity contribution in [3.8, 4) is 0 Å². The Morgan fingerprint density at radius 2 is 1.96 bits per heavy atom. The van der Waals surface area contributed by atoms with Crippen molar-refractivity contribution in [1.29, 1.82) is 0 Å². The molecule has 0 spiro atoms. The number of carbonyl (C=O) groups excluding carboxylic acids is 2. The molecular formula is C21H24ClN3O2. The van der Waals surface area contributed by atoms with Gasteiger partial charge in [0, 0.05) is 41.8 Å². The van der Waals surface area contributed by atoms with E-state index >= 15 is 0 Å². The highest BCUT2D eigenvalue weighted by Crippen LogP contribution is 2.30. The number of aryl methyl sites for hydroxylation is 1. The summed E-state index contributed by atoms with van der Waals surface area (Å²) in [6.07, 6.45) is 1.57. The number of likely N-dealkylation sites (tertiary alicyclic amines) is 1. The average molecular weight is 386 g/mol. The van der Waals surface area contributed by atoms with E-state index < -0.39 is 0 Å². The molecule has 1 fully saturated rings. The SMILES string of the molecule is CCNC(=O)c1ccc(C)nc1C1CCN(C(=O)c2cccc(Cl)c2)CC1. The van der Waals surface area contributed by atoms with Crippen LogP contribution in [0.3, 0.4) is 0 Å². The second kappa shape index (κ2) is 8.53. The minimum Gasteiger partial charge on any atom is -0.352 e. The second-order valence-corrected chi connectivity index (χ2v) is 7.26. The number of pyridine rings is 1. The highest BCUT2D eigenvalue weighted by atomic mass is 35.5. The molecule has 3 rings (SSSR count). The number of hydrogen-bond donors (Lipinski definition) is 1. The maximum absolute atomic E-state index is 12.7. The largest absolute Gasteiger partial charge is 0.352 e. The molecule has 2 heterocycles. The van der Waals surface area contributed by atoms with Crippen molar-refractivity contribution < 1.29 is 9.59 Å². The van der Waals surface area contributed by atoms with Gasteiger partial charge in [-0.3, -0.25) is 14.6 Å². The van der Waals surface area contributed by atoms with Crippen LogP contribution in [0.4, 0.5) is 0 Å². The summed E-state index contributed by atoms with van der Waals surface area (Å²) >= 11 is 6.00. The summed E-state index contributed by atoms with van der Waals surface area (Å²) in [7, 11) is 0. The molecule has 1 aliphatic heterocycles. The van der Waals surface area contributed by atoms with E-state index in [2.05, 4.69) is 10.3 Å². The number of amides is 2. The number of piperidine rings is 1. The predicted molar refractivity (Wildman–Crippen MR) is 106 cm³/mol. The summed E-state index contributed by atoms with van der Waals surface area (Å²) in [5.41, 5.74) is 2.99. The average Bonchev–Trinajstić information content (AvgIpc) is 2.67. The molecule has 0 radical (unpaired) electrons. The molecule has 1 aromatic heterocycles. The number of hydrogen-bond acceptors (Lipinski definition) is 3. The van der Waals surface area contributed by atoms with E-state index in [0.29, 0.717) is 35.8 Å². The molecule has 0 bridgehead atoms. The molecule has 1 N–H and O–H groups in total. The first-order valence-corrected chi connectivity index (χ1v) is 9.68. The van der Waals surface area contributed by atoms with Gasteiger partial charge in [0.15, 0.2) is 0 Å². The van der Waals surface area contributed by atoms with Gasteiger partial charge in [0.1, 0.15) is 0 Å². The van der Waals surface area contributed by atoms with Crippen LogP contribution in [-0.4, -0.2) is 41.3 Å². The summed E-state index contributed by atoms with van der Waals surface area (Å²) in [5.74, 6) is 0.0838. The van der Waals surface area contributed by atoms with E-state index in [0.717, 1.165) is 24.2 Å². The minimum absolute atomic E-state index is 0.00268. The van der Waals surface area contributed by atoms with Gasteiger partial charge < -0.3 is 10.2 Å². The highest BCUT2D eigenvalue weighted by Gasteiger charge is 2.28. The zero-order valence-corrected chi connectivity index (χ0v) is 16.4. The van der Waals surface area contributed by atoms with Gasteiger partial charge in [-0.05, 0) is 57.0 Å². The lowest BCUT2D eigenvalue weighted by atomic mass is 9.89. The molecule has 0 aliphatic carbocycles. The normalized spacial score (nSPS) is 14.9. The fourth-order valence-corrected chi connectivity index (χ4v) is 3.69. The molecule has 0 saturated carbocycles. The van der Waals surface area contributed by atoms with Gasteiger partial charge in [0.05, 0.1) is 11.3 Å².